The van der Waals surface area contributed by atoms with Gasteiger partial charge in [0.15, 0.2) is 0 Å². The molecule has 1 N–H and O–H groups in total. The van der Waals surface area contributed by atoms with Crippen LogP contribution in [-0.2, 0) is 22.4 Å². The van der Waals surface area contributed by atoms with Gasteiger partial charge in [-0.1, -0.05) is 18.2 Å². The Kier molecular flexibility index (Phi) is 4.72. The zero-order chi connectivity index (χ0) is 19.0. The number of para-hydroxylation sites is 1. The van der Waals surface area contributed by atoms with E-state index in [4.69, 9.17) is 0 Å². The Hall–Kier alpha value is -2.63. The Morgan fingerprint density at radius 1 is 1.26 bits per heavy atom. The van der Waals surface area contributed by atoms with Crippen LogP contribution in [0, 0.1) is 5.92 Å². The van der Waals surface area contributed by atoms with Crippen LogP contribution in [-0.4, -0.2) is 47.0 Å². The zero-order valence-corrected chi connectivity index (χ0v) is 16.0. The highest BCUT2D eigenvalue weighted by Gasteiger charge is 2.27. The molecule has 2 amide bonds. The Balaban J connectivity index is 1.59. The molecule has 2 aromatic rings. The summed E-state index contributed by atoms with van der Waals surface area (Å²) >= 11 is 0. The largest absolute Gasteiger partial charge is 0.343 e. The van der Waals surface area contributed by atoms with Gasteiger partial charge in [-0.15, -0.1) is 0 Å². The number of aromatic nitrogens is 2. The molecule has 0 unspecified atom stereocenters. The molecule has 0 spiro atoms. The van der Waals surface area contributed by atoms with Crippen molar-refractivity contribution in [2.24, 2.45) is 5.92 Å². The Morgan fingerprint density at radius 3 is 2.78 bits per heavy atom. The topological polar surface area (TPSA) is 69.3 Å². The van der Waals surface area contributed by atoms with E-state index in [2.05, 4.69) is 28.4 Å². The van der Waals surface area contributed by atoms with Gasteiger partial charge in [0, 0.05) is 39.0 Å². The van der Waals surface area contributed by atoms with Gasteiger partial charge in [-0.05, 0) is 42.7 Å². The van der Waals surface area contributed by atoms with Crippen LogP contribution in [0.25, 0.3) is 11.3 Å². The zero-order valence-electron chi connectivity index (χ0n) is 16.0. The number of hydrogen-bond acceptors (Lipinski definition) is 3. The quantitative estimate of drug-likeness (QED) is 0.908. The Morgan fingerprint density at radius 2 is 2.04 bits per heavy atom. The summed E-state index contributed by atoms with van der Waals surface area (Å²) in [5, 5.41) is 7.48. The molecule has 0 saturated carbocycles. The summed E-state index contributed by atoms with van der Waals surface area (Å²) in [6.45, 7) is 3.32. The second-order valence-corrected chi connectivity index (χ2v) is 7.69. The second kappa shape index (κ2) is 7.18. The van der Waals surface area contributed by atoms with Crippen LogP contribution in [0.5, 0.6) is 0 Å². The van der Waals surface area contributed by atoms with Gasteiger partial charge >= 0.3 is 0 Å². The van der Waals surface area contributed by atoms with Gasteiger partial charge in [0.25, 0.3) is 0 Å². The predicted molar refractivity (Wildman–Crippen MR) is 104 cm³/mol. The molecule has 1 fully saturated rings. The fourth-order valence-corrected chi connectivity index (χ4v) is 4.39. The van der Waals surface area contributed by atoms with Crippen molar-refractivity contribution in [3.63, 3.8) is 0 Å². The van der Waals surface area contributed by atoms with Crippen LogP contribution in [0.2, 0.25) is 0 Å². The third kappa shape index (κ3) is 3.36. The van der Waals surface area contributed by atoms with Crippen LogP contribution in [0.3, 0.4) is 0 Å². The molecule has 1 saturated heterocycles. The van der Waals surface area contributed by atoms with Crippen molar-refractivity contribution < 1.29 is 9.59 Å². The highest BCUT2D eigenvalue weighted by atomic mass is 16.2. The summed E-state index contributed by atoms with van der Waals surface area (Å²) in [6, 6.07) is 6.24. The van der Waals surface area contributed by atoms with E-state index in [0.717, 1.165) is 55.7 Å². The van der Waals surface area contributed by atoms with Crippen LogP contribution in [0.4, 0.5) is 5.69 Å². The van der Waals surface area contributed by atoms with Gasteiger partial charge in [0.1, 0.15) is 0 Å². The highest BCUT2D eigenvalue weighted by Crippen LogP contribution is 2.38. The van der Waals surface area contributed by atoms with E-state index in [-0.39, 0.29) is 11.8 Å². The number of carbonyl (C=O) groups is 2. The number of benzene rings is 1. The van der Waals surface area contributed by atoms with Crippen molar-refractivity contribution in [2.45, 2.75) is 39.0 Å². The third-order valence-electron chi connectivity index (χ3n) is 5.99. The SMILES string of the molecule is CC(=O)N1CCC(Cc2cn[nH]c2-c2cccc3c2N(C)C(=O)CC3)CC1. The van der Waals surface area contributed by atoms with E-state index in [1.807, 2.05) is 18.1 Å². The second-order valence-electron chi connectivity index (χ2n) is 7.69. The van der Waals surface area contributed by atoms with E-state index in [0.29, 0.717) is 12.3 Å². The van der Waals surface area contributed by atoms with Gasteiger partial charge in [-0.2, -0.15) is 5.10 Å². The molecule has 0 aliphatic carbocycles. The lowest BCUT2D eigenvalue weighted by atomic mass is 9.88. The highest BCUT2D eigenvalue weighted by molar-refractivity contribution is 6.00. The number of rotatable bonds is 3. The molecule has 4 rings (SSSR count). The van der Waals surface area contributed by atoms with Crippen LogP contribution >= 0.6 is 0 Å². The summed E-state index contributed by atoms with van der Waals surface area (Å²) in [5.74, 6) is 0.879. The van der Waals surface area contributed by atoms with Gasteiger partial charge in [-0.25, -0.2) is 0 Å². The first-order chi connectivity index (χ1) is 13.0. The van der Waals surface area contributed by atoms with Crippen molar-refractivity contribution in [1.29, 1.82) is 0 Å². The molecule has 3 heterocycles. The monoisotopic (exact) mass is 366 g/mol. The first kappa shape index (κ1) is 17.8. The van der Waals surface area contributed by atoms with Crippen molar-refractivity contribution in [2.75, 3.05) is 25.0 Å². The normalized spacial score (nSPS) is 17.9. The molecule has 142 valence electrons. The molecular weight excluding hydrogens is 340 g/mol. The fourth-order valence-electron chi connectivity index (χ4n) is 4.39. The number of nitrogens with zero attached hydrogens (tertiary/aromatic N) is 3. The van der Waals surface area contributed by atoms with E-state index in [1.54, 1.807) is 11.8 Å². The molecule has 0 bridgehead atoms. The fraction of sp³-hybridized carbons (Fsp3) is 0.476. The molecule has 6 heteroatoms. The molecule has 1 aromatic carbocycles. The van der Waals surface area contributed by atoms with Gasteiger partial charge in [-0.3, -0.25) is 14.7 Å². The number of piperidine rings is 1. The maximum absolute atomic E-state index is 12.2. The van der Waals surface area contributed by atoms with Crippen molar-refractivity contribution in [1.82, 2.24) is 15.1 Å². The smallest absolute Gasteiger partial charge is 0.227 e. The number of likely N-dealkylation sites (tertiary alicyclic amines) is 1. The number of hydrogen-bond donors (Lipinski definition) is 1. The number of nitrogens with one attached hydrogen (secondary N) is 1. The van der Waals surface area contributed by atoms with Gasteiger partial charge < -0.3 is 9.80 Å². The summed E-state index contributed by atoms with van der Waals surface area (Å²) in [5.41, 5.74) is 5.48. The van der Waals surface area contributed by atoms with Crippen molar-refractivity contribution in [3.05, 3.63) is 35.5 Å². The minimum Gasteiger partial charge on any atom is -0.343 e. The summed E-state index contributed by atoms with van der Waals surface area (Å²) in [6.07, 6.45) is 6.26. The summed E-state index contributed by atoms with van der Waals surface area (Å²) in [7, 11) is 1.86. The molecule has 0 atom stereocenters. The third-order valence-corrected chi connectivity index (χ3v) is 5.99. The standard InChI is InChI=1S/C21H26N4O2/c1-14(26)25-10-8-15(9-11-25)12-17-13-22-23-20(17)18-5-3-4-16-6-7-19(27)24(2)21(16)18/h3-5,13,15H,6-12H2,1-2H3,(H,22,23). The summed E-state index contributed by atoms with van der Waals surface area (Å²) < 4.78 is 0. The average Bonchev–Trinajstić information content (AvgIpc) is 3.12. The number of aryl methyl sites for hydroxylation is 1. The lowest BCUT2D eigenvalue weighted by Gasteiger charge is -2.31. The van der Waals surface area contributed by atoms with Crippen LogP contribution in [0.15, 0.2) is 24.4 Å². The lowest BCUT2D eigenvalue weighted by molar-refractivity contribution is -0.130. The number of H-pyrrole nitrogens is 1. The van der Waals surface area contributed by atoms with Crippen LogP contribution < -0.4 is 4.90 Å². The maximum atomic E-state index is 12.2. The first-order valence-corrected chi connectivity index (χ1v) is 9.71. The number of aromatic amines is 1. The molecular formula is C21H26N4O2. The number of anilines is 1. The van der Waals surface area contributed by atoms with E-state index >= 15 is 0 Å². The molecule has 2 aliphatic heterocycles. The number of fused-ring (bicyclic) bond motifs is 1. The average molecular weight is 366 g/mol. The van der Waals surface area contributed by atoms with Crippen LogP contribution in [0.1, 0.15) is 37.3 Å². The maximum Gasteiger partial charge on any atom is 0.227 e. The number of carbonyl (C=O) groups excluding carboxylic acids is 2. The minimum absolute atomic E-state index is 0.160. The predicted octanol–water partition coefficient (Wildman–Crippen LogP) is 2.79. The van der Waals surface area contributed by atoms with Gasteiger partial charge in [0.2, 0.25) is 11.8 Å². The van der Waals surface area contributed by atoms with Crippen molar-refractivity contribution >= 4 is 17.5 Å². The van der Waals surface area contributed by atoms with E-state index in [9.17, 15) is 9.59 Å². The number of amides is 2. The molecule has 27 heavy (non-hydrogen) atoms. The molecule has 6 nitrogen and oxygen atoms in total. The first-order valence-electron chi connectivity index (χ1n) is 9.71. The molecule has 1 aromatic heterocycles. The van der Waals surface area contributed by atoms with Gasteiger partial charge in [0.05, 0.1) is 17.6 Å². The Bertz CT molecular complexity index is 865. The van der Waals surface area contributed by atoms with E-state index in [1.165, 1.54) is 11.1 Å². The Labute approximate surface area is 159 Å². The minimum atomic E-state index is 0.160. The summed E-state index contributed by atoms with van der Waals surface area (Å²) in [4.78, 5) is 27.5. The molecule has 2 aliphatic rings. The van der Waals surface area contributed by atoms with Crippen molar-refractivity contribution in [3.8, 4) is 11.3 Å². The molecule has 0 radical (unpaired) electrons. The van der Waals surface area contributed by atoms with E-state index < -0.39 is 0 Å². The lowest BCUT2D eigenvalue weighted by Crippen LogP contribution is -2.37.